The first-order valence-electron chi connectivity index (χ1n) is 11.2. The molecular weight excluding hydrogens is 433 g/mol. The van der Waals surface area contributed by atoms with E-state index in [1.54, 1.807) is 6.33 Å². The van der Waals surface area contributed by atoms with Crippen molar-refractivity contribution in [3.63, 3.8) is 0 Å². The smallest absolute Gasteiger partial charge is 0.266 e. The van der Waals surface area contributed by atoms with Gasteiger partial charge in [-0.05, 0) is 43.7 Å². The lowest BCUT2D eigenvalue weighted by atomic mass is 10.1. The van der Waals surface area contributed by atoms with E-state index in [0.717, 1.165) is 6.42 Å². The minimum Gasteiger partial charge on any atom is -0.358 e. The van der Waals surface area contributed by atoms with Crippen molar-refractivity contribution in [2.24, 2.45) is 0 Å². The second-order valence-corrected chi connectivity index (χ2v) is 8.31. The van der Waals surface area contributed by atoms with Crippen LogP contribution >= 0.6 is 0 Å². The van der Waals surface area contributed by atoms with Crippen molar-refractivity contribution in [3.05, 3.63) is 82.7 Å². The fourth-order valence-electron chi connectivity index (χ4n) is 3.92. The van der Waals surface area contributed by atoms with Gasteiger partial charge in [0.05, 0.1) is 29.0 Å². The second-order valence-electron chi connectivity index (χ2n) is 8.31. The van der Waals surface area contributed by atoms with Gasteiger partial charge in [-0.1, -0.05) is 32.0 Å². The van der Waals surface area contributed by atoms with Gasteiger partial charge < -0.3 is 10.3 Å². The Hall–Kier alpha value is -4.14. The summed E-state index contributed by atoms with van der Waals surface area (Å²) in [6.07, 6.45) is 2.47. The molecule has 172 valence electrons. The van der Waals surface area contributed by atoms with Crippen LogP contribution in [0.2, 0.25) is 0 Å². The molecule has 0 saturated heterocycles. The molecule has 0 amide bonds. The van der Waals surface area contributed by atoms with Crippen molar-refractivity contribution >= 4 is 27.9 Å². The number of anilines is 1. The third kappa shape index (κ3) is 3.79. The summed E-state index contributed by atoms with van der Waals surface area (Å²) in [5, 5.41) is 3.62. The van der Waals surface area contributed by atoms with Crippen LogP contribution in [0.3, 0.4) is 0 Å². The van der Waals surface area contributed by atoms with Crippen molar-refractivity contribution in [3.8, 4) is 5.69 Å². The predicted octanol–water partition coefficient (Wildman–Crippen LogP) is 4.88. The van der Waals surface area contributed by atoms with Gasteiger partial charge in [0.2, 0.25) is 0 Å². The van der Waals surface area contributed by atoms with Crippen LogP contribution in [0.1, 0.15) is 50.8 Å². The average molecular weight is 458 g/mol. The largest absolute Gasteiger partial charge is 0.358 e. The van der Waals surface area contributed by atoms with Crippen LogP contribution in [0.4, 0.5) is 10.2 Å². The van der Waals surface area contributed by atoms with E-state index in [2.05, 4.69) is 34.1 Å². The Labute approximate surface area is 194 Å². The fraction of sp³-hybridized carbons (Fsp3) is 0.240. The summed E-state index contributed by atoms with van der Waals surface area (Å²) < 4.78 is 15.4. The van der Waals surface area contributed by atoms with Crippen LogP contribution in [0.25, 0.3) is 27.8 Å². The van der Waals surface area contributed by atoms with E-state index in [9.17, 15) is 9.18 Å². The summed E-state index contributed by atoms with van der Waals surface area (Å²) in [6.45, 7) is 6.06. The Morgan fingerprint density at radius 3 is 2.65 bits per heavy atom. The third-order valence-electron chi connectivity index (χ3n) is 5.97. The highest BCUT2D eigenvalue weighted by Crippen LogP contribution is 2.26. The summed E-state index contributed by atoms with van der Waals surface area (Å²) in [6, 6.07) is 12.8. The number of nitrogens with one attached hydrogen (secondary N) is 2. The highest BCUT2D eigenvalue weighted by atomic mass is 19.1. The number of hydrogen-bond acceptors (Lipinski definition) is 6. The highest BCUT2D eigenvalue weighted by Gasteiger charge is 2.21. The molecule has 2 N–H and O–H groups in total. The maximum absolute atomic E-state index is 13.9. The van der Waals surface area contributed by atoms with E-state index >= 15 is 0 Å². The van der Waals surface area contributed by atoms with E-state index in [4.69, 9.17) is 9.97 Å². The van der Waals surface area contributed by atoms with Gasteiger partial charge in [0.25, 0.3) is 5.56 Å². The molecule has 0 saturated carbocycles. The summed E-state index contributed by atoms with van der Waals surface area (Å²) in [4.78, 5) is 35.0. The number of fused-ring (bicyclic) bond motifs is 2. The zero-order valence-corrected chi connectivity index (χ0v) is 19.1. The topological polar surface area (TPSA) is 101 Å². The van der Waals surface area contributed by atoms with E-state index < -0.39 is 11.9 Å². The molecule has 5 aromatic rings. The van der Waals surface area contributed by atoms with Crippen LogP contribution in [0.5, 0.6) is 0 Å². The Balaban J connectivity index is 1.67. The zero-order chi connectivity index (χ0) is 23.8. The first-order valence-corrected chi connectivity index (χ1v) is 11.2. The number of H-pyrrole nitrogens is 1. The maximum Gasteiger partial charge on any atom is 0.266 e. The monoisotopic (exact) mass is 457 g/mol. The number of aromatic amines is 1. The fourth-order valence-corrected chi connectivity index (χ4v) is 3.92. The molecule has 2 aromatic carbocycles. The number of hydrogen-bond donors (Lipinski definition) is 2. The van der Waals surface area contributed by atoms with E-state index in [-0.39, 0.29) is 16.9 Å². The summed E-state index contributed by atoms with van der Waals surface area (Å²) in [5.74, 6) is 1.43. The minimum atomic E-state index is -0.481. The van der Waals surface area contributed by atoms with E-state index in [0.29, 0.717) is 39.8 Å². The molecule has 0 radical (unpaired) electrons. The molecule has 0 aliphatic heterocycles. The number of aromatic nitrogens is 6. The van der Waals surface area contributed by atoms with Gasteiger partial charge in [-0.3, -0.25) is 9.36 Å². The van der Waals surface area contributed by atoms with Gasteiger partial charge >= 0.3 is 0 Å². The quantitative estimate of drug-likeness (QED) is 0.377. The molecule has 0 fully saturated rings. The van der Waals surface area contributed by atoms with Crippen LogP contribution in [-0.2, 0) is 0 Å². The lowest BCUT2D eigenvalue weighted by Crippen LogP contribution is -2.27. The SMILES string of the molecule is CCC(C)c1nc(NC(C)c2nc3ccc(F)cc3c(=O)n2-c2ccccc2)c2[nH]cnc2n1. The average Bonchev–Trinajstić information content (AvgIpc) is 3.33. The number of para-hydroxylation sites is 1. The first kappa shape index (κ1) is 21.7. The van der Waals surface area contributed by atoms with Crippen molar-refractivity contribution in [1.29, 1.82) is 0 Å². The van der Waals surface area contributed by atoms with Gasteiger partial charge in [-0.15, -0.1) is 0 Å². The molecule has 0 aliphatic rings. The first-order chi connectivity index (χ1) is 16.5. The third-order valence-corrected chi connectivity index (χ3v) is 5.97. The van der Waals surface area contributed by atoms with Crippen LogP contribution in [-0.4, -0.2) is 29.5 Å². The van der Waals surface area contributed by atoms with Gasteiger partial charge in [0, 0.05) is 5.92 Å². The number of benzene rings is 2. The molecule has 2 atom stereocenters. The second kappa shape index (κ2) is 8.66. The van der Waals surface area contributed by atoms with Crippen molar-refractivity contribution in [1.82, 2.24) is 29.5 Å². The minimum absolute atomic E-state index is 0.160. The molecule has 3 aromatic heterocycles. The maximum atomic E-state index is 13.9. The molecular formula is C25H24FN7O. The molecule has 9 heteroatoms. The lowest BCUT2D eigenvalue weighted by Gasteiger charge is -2.21. The zero-order valence-electron chi connectivity index (χ0n) is 19.1. The molecule has 0 aliphatic carbocycles. The Bertz CT molecular complexity index is 1540. The Kier molecular flexibility index (Phi) is 5.53. The normalized spacial score (nSPS) is 13.3. The van der Waals surface area contributed by atoms with Crippen LogP contribution in [0, 0.1) is 5.82 Å². The number of halogens is 1. The molecule has 0 bridgehead atoms. The van der Waals surface area contributed by atoms with Crippen molar-refractivity contribution < 1.29 is 4.39 Å². The Morgan fingerprint density at radius 1 is 1.09 bits per heavy atom. The van der Waals surface area contributed by atoms with Crippen molar-refractivity contribution in [2.75, 3.05) is 5.32 Å². The number of imidazole rings is 1. The summed E-state index contributed by atoms with van der Waals surface area (Å²) >= 11 is 0. The van der Waals surface area contributed by atoms with E-state index in [1.165, 1.54) is 22.8 Å². The molecule has 8 nitrogen and oxygen atoms in total. The van der Waals surface area contributed by atoms with E-state index in [1.807, 2.05) is 37.3 Å². The molecule has 3 heterocycles. The number of rotatable bonds is 6. The molecule has 2 unspecified atom stereocenters. The highest BCUT2D eigenvalue weighted by molar-refractivity contribution is 5.83. The Morgan fingerprint density at radius 2 is 1.88 bits per heavy atom. The van der Waals surface area contributed by atoms with Crippen molar-refractivity contribution in [2.45, 2.75) is 39.2 Å². The molecule has 34 heavy (non-hydrogen) atoms. The predicted molar refractivity (Wildman–Crippen MR) is 130 cm³/mol. The molecule has 0 spiro atoms. The van der Waals surface area contributed by atoms with Gasteiger partial charge in [-0.25, -0.2) is 24.3 Å². The van der Waals surface area contributed by atoms with Crippen LogP contribution in [0.15, 0.2) is 59.7 Å². The lowest BCUT2D eigenvalue weighted by molar-refractivity contribution is 0.629. The van der Waals surface area contributed by atoms with Gasteiger partial charge in [0.1, 0.15) is 23.0 Å². The summed E-state index contributed by atoms with van der Waals surface area (Å²) in [5.41, 5.74) is 1.98. The number of nitrogens with zero attached hydrogens (tertiary/aromatic N) is 5. The standard InChI is InChI=1S/C25H24FN7O/c1-4-14(2)21-31-22-20(27-13-28-22)23(32-21)29-15(3)24-30-19-11-10-16(26)12-18(19)25(34)33(24)17-8-6-5-7-9-17/h5-15H,4H2,1-3H3,(H2,27,28,29,31,32). The van der Waals surface area contributed by atoms with Gasteiger partial charge in [-0.2, -0.15) is 0 Å². The summed E-state index contributed by atoms with van der Waals surface area (Å²) in [7, 11) is 0. The molecule has 5 rings (SSSR count). The van der Waals surface area contributed by atoms with Gasteiger partial charge in [0.15, 0.2) is 11.5 Å². The van der Waals surface area contributed by atoms with Crippen LogP contribution < -0.4 is 10.9 Å².